The number of guanidine groups is 1. The van der Waals surface area contributed by atoms with E-state index in [1.807, 2.05) is 37.3 Å². The van der Waals surface area contributed by atoms with Crippen LogP contribution in [0.2, 0.25) is 0 Å². The van der Waals surface area contributed by atoms with Gasteiger partial charge < -0.3 is 10.2 Å². The number of aliphatic imine (C=N–C) groups is 2. The first kappa shape index (κ1) is 29.2. The quantitative estimate of drug-likeness (QED) is 0.357. The van der Waals surface area contributed by atoms with Crippen LogP contribution in [-0.2, 0) is 6.18 Å². The number of allylic oxidation sites excluding steroid dienone is 2. The summed E-state index contributed by atoms with van der Waals surface area (Å²) in [5.41, 5.74) is 1.11. The zero-order valence-corrected chi connectivity index (χ0v) is 24.2. The molecule has 8 nitrogen and oxygen atoms in total. The lowest BCUT2D eigenvalue weighted by molar-refractivity contribution is -0.137. The predicted molar refractivity (Wildman–Crippen MR) is 162 cm³/mol. The molecule has 0 saturated carbocycles. The first-order chi connectivity index (χ1) is 20.0. The highest BCUT2D eigenvalue weighted by molar-refractivity contribution is 6.13. The van der Waals surface area contributed by atoms with Gasteiger partial charge in [-0.25, -0.2) is 9.98 Å². The van der Waals surface area contributed by atoms with E-state index in [2.05, 4.69) is 51.1 Å². The molecule has 3 aromatic rings. The summed E-state index contributed by atoms with van der Waals surface area (Å²) in [6, 6.07) is 11.2. The average molecular weight is 577 g/mol. The van der Waals surface area contributed by atoms with E-state index < -0.39 is 22.8 Å². The maximum atomic E-state index is 13.3. The molecule has 42 heavy (non-hydrogen) atoms. The summed E-state index contributed by atoms with van der Waals surface area (Å²) in [6.07, 6.45) is 6.48. The van der Waals surface area contributed by atoms with Gasteiger partial charge in [0.25, 0.3) is 0 Å². The van der Waals surface area contributed by atoms with Gasteiger partial charge in [-0.3, -0.25) is 15.0 Å². The van der Waals surface area contributed by atoms with E-state index in [4.69, 9.17) is 9.98 Å². The second-order valence-electron chi connectivity index (χ2n) is 11.0. The van der Waals surface area contributed by atoms with Crippen molar-refractivity contribution >= 4 is 35.3 Å². The van der Waals surface area contributed by atoms with Gasteiger partial charge in [-0.2, -0.15) is 18.3 Å². The monoisotopic (exact) mass is 576 g/mol. The highest BCUT2D eigenvalue weighted by atomic mass is 19.4. The summed E-state index contributed by atoms with van der Waals surface area (Å²) in [5.74, 6) is 0.951. The summed E-state index contributed by atoms with van der Waals surface area (Å²) in [5, 5.41) is 10.5. The maximum Gasteiger partial charge on any atom is 0.416 e. The number of pyridine rings is 1. The van der Waals surface area contributed by atoms with Crippen molar-refractivity contribution in [2.24, 2.45) is 15.4 Å². The standard InChI is InChI=1S/C31H35F3N8/c1-5-7-24-21-27(40-39-24)37-28-36-26(11-10-22-8-6-9-23(20-22)31(32,33)34)29(2,3)30(4,38-28)42-18-16-41(17-19-42)25-12-14-35-15-13-25/h5-15,20-21H,16-19H2,1-4H3,(H2,37,38,39,40)/b7-5+,11-10+. The molecule has 1 atom stereocenters. The molecule has 0 bridgehead atoms. The summed E-state index contributed by atoms with van der Waals surface area (Å²) < 4.78 is 40.0. The van der Waals surface area contributed by atoms with Crippen LogP contribution in [0.5, 0.6) is 0 Å². The van der Waals surface area contributed by atoms with Gasteiger partial charge in [0.1, 0.15) is 5.66 Å². The zero-order valence-electron chi connectivity index (χ0n) is 24.2. The van der Waals surface area contributed by atoms with Gasteiger partial charge in [0.15, 0.2) is 5.82 Å². The van der Waals surface area contributed by atoms with Crippen molar-refractivity contribution in [3.05, 3.63) is 83.8 Å². The van der Waals surface area contributed by atoms with Gasteiger partial charge in [-0.1, -0.05) is 38.1 Å². The van der Waals surface area contributed by atoms with Crippen LogP contribution in [0, 0.1) is 5.41 Å². The fourth-order valence-electron chi connectivity index (χ4n) is 5.36. The van der Waals surface area contributed by atoms with Crippen molar-refractivity contribution in [2.75, 3.05) is 36.4 Å². The van der Waals surface area contributed by atoms with E-state index in [1.54, 1.807) is 30.6 Å². The molecule has 0 amide bonds. The number of H-pyrrole nitrogens is 1. The fraction of sp³-hybridized carbons (Fsp3) is 0.355. The third kappa shape index (κ3) is 6.01. The molecule has 2 aromatic heterocycles. The van der Waals surface area contributed by atoms with Gasteiger partial charge in [0.05, 0.1) is 17.0 Å². The minimum atomic E-state index is -4.42. The lowest BCUT2D eigenvalue weighted by Crippen LogP contribution is -2.64. The first-order valence-electron chi connectivity index (χ1n) is 13.9. The van der Waals surface area contributed by atoms with Crippen molar-refractivity contribution < 1.29 is 13.2 Å². The van der Waals surface area contributed by atoms with E-state index in [1.165, 1.54) is 6.07 Å². The van der Waals surface area contributed by atoms with Crippen LogP contribution in [-0.4, -0.2) is 63.6 Å². The van der Waals surface area contributed by atoms with Crippen LogP contribution in [0.25, 0.3) is 12.2 Å². The Hall–Kier alpha value is -4.25. The number of hydrogen-bond acceptors (Lipinski definition) is 7. The second-order valence-corrected chi connectivity index (χ2v) is 11.0. The number of hydrogen-bond donors (Lipinski definition) is 2. The molecule has 1 fully saturated rings. The topological polar surface area (TPSA) is 84.8 Å². The number of nitrogens with one attached hydrogen (secondary N) is 2. The molecule has 1 saturated heterocycles. The third-order valence-corrected chi connectivity index (χ3v) is 8.13. The smallest absolute Gasteiger partial charge is 0.369 e. The molecule has 5 rings (SSSR count). The van der Waals surface area contributed by atoms with Gasteiger partial charge in [-0.15, -0.1) is 0 Å². The van der Waals surface area contributed by atoms with Gasteiger partial charge >= 0.3 is 6.18 Å². The highest BCUT2D eigenvalue weighted by Crippen LogP contribution is 2.42. The Morgan fingerprint density at radius 2 is 1.69 bits per heavy atom. The number of aromatic nitrogens is 3. The third-order valence-electron chi connectivity index (χ3n) is 8.13. The number of anilines is 2. The normalized spacial score (nSPS) is 21.5. The molecule has 11 heteroatoms. The van der Waals surface area contributed by atoms with Gasteiger partial charge in [-0.05, 0) is 55.8 Å². The Labute approximate surface area is 243 Å². The molecule has 2 N–H and O–H groups in total. The summed E-state index contributed by atoms with van der Waals surface area (Å²) >= 11 is 0. The van der Waals surface area contributed by atoms with Crippen LogP contribution >= 0.6 is 0 Å². The van der Waals surface area contributed by atoms with Crippen molar-refractivity contribution in [3.63, 3.8) is 0 Å². The molecule has 0 radical (unpaired) electrons. The van der Waals surface area contributed by atoms with Crippen molar-refractivity contribution in [2.45, 2.75) is 39.5 Å². The number of piperazine rings is 1. The number of halogens is 3. The number of alkyl halides is 3. The SMILES string of the molecule is C/C=C/c1cc(NC2=NC(C)(N3CCN(c4ccncc4)CC3)C(C)(C)C(/C=C/c3cccc(C(F)(F)F)c3)=N2)n[nH]1. The van der Waals surface area contributed by atoms with Gasteiger partial charge in [0, 0.05) is 55.7 Å². The molecule has 0 aliphatic carbocycles. The number of benzene rings is 1. The van der Waals surface area contributed by atoms with E-state index in [0.717, 1.165) is 49.7 Å². The Morgan fingerprint density at radius 1 is 0.952 bits per heavy atom. The lowest BCUT2D eigenvalue weighted by Gasteiger charge is -2.52. The Kier molecular flexibility index (Phi) is 8.05. The molecule has 0 spiro atoms. The van der Waals surface area contributed by atoms with Crippen molar-refractivity contribution in [3.8, 4) is 0 Å². The molecular weight excluding hydrogens is 541 g/mol. The van der Waals surface area contributed by atoms with E-state index in [9.17, 15) is 13.2 Å². The molecule has 2 aliphatic rings. The van der Waals surface area contributed by atoms with E-state index in [-0.39, 0.29) is 0 Å². The van der Waals surface area contributed by atoms with Crippen molar-refractivity contribution in [1.82, 2.24) is 20.1 Å². The Morgan fingerprint density at radius 3 is 2.38 bits per heavy atom. The van der Waals surface area contributed by atoms with Crippen LogP contribution in [0.3, 0.4) is 0 Å². The minimum Gasteiger partial charge on any atom is -0.369 e. The van der Waals surface area contributed by atoms with E-state index >= 15 is 0 Å². The summed E-state index contributed by atoms with van der Waals surface area (Å²) in [6.45, 7) is 11.3. The maximum absolute atomic E-state index is 13.3. The number of nitrogens with zero attached hydrogens (tertiary/aromatic N) is 6. The molecular formula is C31H35F3N8. The van der Waals surface area contributed by atoms with Crippen LogP contribution in [0.4, 0.5) is 24.7 Å². The molecule has 4 heterocycles. The molecule has 1 unspecified atom stereocenters. The van der Waals surface area contributed by atoms with Crippen LogP contribution in [0.1, 0.15) is 44.5 Å². The molecule has 2 aliphatic heterocycles. The largest absolute Gasteiger partial charge is 0.416 e. The fourth-order valence-corrected chi connectivity index (χ4v) is 5.36. The van der Waals surface area contributed by atoms with Crippen LogP contribution in [0.15, 0.2) is 77.0 Å². The minimum absolute atomic E-state index is 0.385. The molecule has 1 aromatic carbocycles. The first-order valence-corrected chi connectivity index (χ1v) is 13.9. The zero-order chi connectivity index (χ0) is 30.0. The number of rotatable bonds is 6. The number of aromatic amines is 1. The second kappa shape index (κ2) is 11.6. The predicted octanol–water partition coefficient (Wildman–Crippen LogP) is 6.36. The average Bonchev–Trinajstić information content (AvgIpc) is 3.41. The lowest BCUT2D eigenvalue weighted by atomic mass is 9.73. The highest BCUT2D eigenvalue weighted by Gasteiger charge is 2.51. The Balaban J connectivity index is 1.47. The van der Waals surface area contributed by atoms with Gasteiger partial charge in [0.2, 0.25) is 5.96 Å². The van der Waals surface area contributed by atoms with Crippen LogP contribution < -0.4 is 10.2 Å². The molecule has 220 valence electrons. The summed E-state index contributed by atoms with van der Waals surface area (Å²) in [7, 11) is 0. The Bertz CT molecular complexity index is 1510. The van der Waals surface area contributed by atoms with Crippen molar-refractivity contribution in [1.29, 1.82) is 0 Å². The van der Waals surface area contributed by atoms with E-state index in [0.29, 0.717) is 23.1 Å². The summed E-state index contributed by atoms with van der Waals surface area (Å²) in [4.78, 5) is 18.8.